The molecule has 0 bridgehead atoms. The van der Waals surface area contributed by atoms with Crippen molar-refractivity contribution in [3.05, 3.63) is 36.0 Å². The molecule has 0 amide bonds. The van der Waals surface area contributed by atoms with Crippen molar-refractivity contribution >= 4 is 10.9 Å². The quantitative estimate of drug-likeness (QED) is 0.835. The maximum absolute atomic E-state index is 3.46. The first-order valence-corrected chi connectivity index (χ1v) is 6.48. The summed E-state index contributed by atoms with van der Waals surface area (Å²) in [4.78, 5) is 0. The first kappa shape index (κ1) is 12.2. The molecule has 0 fully saturated rings. The van der Waals surface area contributed by atoms with Gasteiger partial charge in [-0.15, -0.1) is 0 Å². The predicted octanol–water partition coefficient (Wildman–Crippen LogP) is 3.11. The van der Waals surface area contributed by atoms with Gasteiger partial charge in [0.2, 0.25) is 0 Å². The smallest absolute Gasteiger partial charge is 0.0480 e. The number of fused-ring (bicyclic) bond motifs is 1. The van der Waals surface area contributed by atoms with E-state index in [9.17, 15) is 0 Å². The van der Waals surface area contributed by atoms with Crippen molar-refractivity contribution in [2.45, 2.75) is 32.7 Å². The van der Waals surface area contributed by atoms with E-state index in [1.807, 2.05) is 0 Å². The Kier molecular flexibility index (Phi) is 3.85. The molecular weight excluding hydrogens is 208 g/mol. The third kappa shape index (κ3) is 2.70. The Morgan fingerprint density at radius 1 is 1.29 bits per heavy atom. The monoisotopic (exact) mass is 230 g/mol. The lowest BCUT2D eigenvalue weighted by molar-refractivity contribution is 0.531. The van der Waals surface area contributed by atoms with Gasteiger partial charge in [0, 0.05) is 30.2 Å². The van der Waals surface area contributed by atoms with E-state index in [1.165, 1.54) is 22.9 Å². The number of benzene rings is 1. The summed E-state index contributed by atoms with van der Waals surface area (Å²) in [5.41, 5.74) is 2.80. The zero-order valence-electron chi connectivity index (χ0n) is 11.0. The Labute approximate surface area is 104 Å². The van der Waals surface area contributed by atoms with Crippen LogP contribution in [0.4, 0.5) is 0 Å². The average molecular weight is 230 g/mol. The normalized spacial score (nSPS) is 13.1. The summed E-state index contributed by atoms with van der Waals surface area (Å²) >= 11 is 0. The SMILES string of the molecule is CCNC(C)CCc1cn(C)c2ccccc12. The van der Waals surface area contributed by atoms with Gasteiger partial charge in [-0.05, 0) is 37.9 Å². The maximum atomic E-state index is 3.46. The van der Waals surface area contributed by atoms with Crippen molar-refractivity contribution in [2.24, 2.45) is 7.05 Å². The zero-order chi connectivity index (χ0) is 12.3. The van der Waals surface area contributed by atoms with Crippen LogP contribution in [-0.4, -0.2) is 17.2 Å². The molecule has 1 aromatic heterocycles. The molecule has 2 heteroatoms. The molecule has 17 heavy (non-hydrogen) atoms. The third-order valence-electron chi connectivity index (χ3n) is 3.38. The van der Waals surface area contributed by atoms with Crippen LogP contribution in [0.15, 0.2) is 30.5 Å². The van der Waals surface area contributed by atoms with Crippen molar-refractivity contribution in [3.63, 3.8) is 0 Å². The molecule has 2 rings (SSSR count). The van der Waals surface area contributed by atoms with E-state index in [-0.39, 0.29) is 0 Å². The Morgan fingerprint density at radius 3 is 2.82 bits per heavy atom. The third-order valence-corrected chi connectivity index (χ3v) is 3.38. The van der Waals surface area contributed by atoms with Crippen LogP contribution in [0.25, 0.3) is 10.9 Å². The average Bonchev–Trinajstić information content (AvgIpc) is 2.65. The highest BCUT2D eigenvalue weighted by molar-refractivity contribution is 5.83. The van der Waals surface area contributed by atoms with Gasteiger partial charge in [0.05, 0.1) is 0 Å². The van der Waals surface area contributed by atoms with Gasteiger partial charge in [0.1, 0.15) is 0 Å². The van der Waals surface area contributed by atoms with E-state index < -0.39 is 0 Å². The summed E-state index contributed by atoms with van der Waals surface area (Å²) in [5, 5.41) is 4.87. The van der Waals surface area contributed by atoms with Crippen molar-refractivity contribution < 1.29 is 0 Å². The van der Waals surface area contributed by atoms with Gasteiger partial charge in [-0.25, -0.2) is 0 Å². The molecule has 0 aliphatic rings. The number of hydrogen-bond acceptors (Lipinski definition) is 1. The van der Waals surface area contributed by atoms with E-state index >= 15 is 0 Å². The lowest BCUT2D eigenvalue weighted by Crippen LogP contribution is -2.25. The van der Waals surface area contributed by atoms with Crippen molar-refractivity contribution in [1.82, 2.24) is 9.88 Å². The number of aromatic nitrogens is 1. The molecule has 0 radical (unpaired) electrons. The Balaban J connectivity index is 2.13. The van der Waals surface area contributed by atoms with E-state index in [1.54, 1.807) is 0 Å². The molecule has 1 N–H and O–H groups in total. The topological polar surface area (TPSA) is 17.0 Å². The second-order valence-corrected chi connectivity index (χ2v) is 4.78. The predicted molar refractivity (Wildman–Crippen MR) is 74.4 cm³/mol. The van der Waals surface area contributed by atoms with Crippen LogP contribution in [0.1, 0.15) is 25.8 Å². The number of nitrogens with zero attached hydrogens (tertiary/aromatic N) is 1. The van der Waals surface area contributed by atoms with Gasteiger partial charge >= 0.3 is 0 Å². The van der Waals surface area contributed by atoms with Gasteiger partial charge in [-0.2, -0.15) is 0 Å². The van der Waals surface area contributed by atoms with Gasteiger partial charge in [0.15, 0.2) is 0 Å². The summed E-state index contributed by atoms with van der Waals surface area (Å²) < 4.78 is 2.22. The van der Waals surface area contributed by atoms with Crippen LogP contribution in [0, 0.1) is 0 Å². The molecule has 0 saturated carbocycles. The molecule has 0 saturated heterocycles. The molecular formula is C15H22N2. The van der Waals surface area contributed by atoms with E-state index in [0.717, 1.165) is 13.0 Å². The lowest BCUT2D eigenvalue weighted by atomic mass is 10.1. The molecule has 92 valence electrons. The summed E-state index contributed by atoms with van der Waals surface area (Å²) in [6.07, 6.45) is 4.61. The number of hydrogen-bond donors (Lipinski definition) is 1. The van der Waals surface area contributed by atoms with Crippen molar-refractivity contribution in [3.8, 4) is 0 Å². The molecule has 0 aliphatic carbocycles. The second kappa shape index (κ2) is 5.37. The van der Waals surface area contributed by atoms with Crippen LogP contribution < -0.4 is 5.32 Å². The van der Waals surface area contributed by atoms with Crippen molar-refractivity contribution in [2.75, 3.05) is 6.54 Å². The minimum Gasteiger partial charge on any atom is -0.350 e. The Bertz CT molecular complexity index is 485. The van der Waals surface area contributed by atoms with Gasteiger partial charge in [-0.1, -0.05) is 25.1 Å². The first-order valence-electron chi connectivity index (χ1n) is 6.48. The largest absolute Gasteiger partial charge is 0.350 e. The summed E-state index contributed by atoms with van der Waals surface area (Å²) in [6, 6.07) is 9.24. The highest BCUT2D eigenvalue weighted by Crippen LogP contribution is 2.21. The number of nitrogens with one attached hydrogen (secondary N) is 1. The van der Waals surface area contributed by atoms with Crippen LogP contribution in [0.2, 0.25) is 0 Å². The highest BCUT2D eigenvalue weighted by atomic mass is 14.9. The summed E-state index contributed by atoms with van der Waals surface area (Å²) in [7, 11) is 2.12. The summed E-state index contributed by atoms with van der Waals surface area (Å²) in [5.74, 6) is 0. The fourth-order valence-corrected chi connectivity index (χ4v) is 2.45. The molecule has 2 aromatic rings. The minimum atomic E-state index is 0.596. The van der Waals surface area contributed by atoms with Crippen molar-refractivity contribution in [1.29, 1.82) is 0 Å². The van der Waals surface area contributed by atoms with E-state index in [2.05, 4.69) is 61.2 Å². The van der Waals surface area contributed by atoms with Gasteiger partial charge in [-0.3, -0.25) is 0 Å². The van der Waals surface area contributed by atoms with Crippen LogP contribution in [0.3, 0.4) is 0 Å². The Hall–Kier alpha value is -1.28. The highest BCUT2D eigenvalue weighted by Gasteiger charge is 2.07. The van der Waals surface area contributed by atoms with E-state index in [4.69, 9.17) is 0 Å². The molecule has 1 heterocycles. The molecule has 2 nitrogen and oxygen atoms in total. The van der Waals surface area contributed by atoms with Crippen LogP contribution >= 0.6 is 0 Å². The standard InChI is InChI=1S/C15H22N2/c1-4-16-12(2)9-10-13-11-17(3)15-8-6-5-7-14(13)15/h5-8,11-12,16H,4,9-10H2,1-3H3. The number of aryl methyl sites for hydroxylation is 2. The van der Waals surface area contributed by atoms with Gasteiger partial charge in [0.25, 0.3) is 0 Å². The van der Waals surface area contributed by atoms with Gasteiger partial charge < -0.3 is 9.88 Å². The molecule has 1 atom stereocenters. The molecule has 1 aromatic carbocycles. The number of para-hydroxylation sites is 1. The summed E-state index contributed by atoms with van der Waals surface area (Å²) in [6.45, 7) is 5.47. The Morgan fingerprint density at radius 2 is 2.06 bits per heavy atom. The fourth-order valence-electron chi connectivity index (χ4n) is 2.45. The lowest BCUT2D eigenvalue weighted by Gasteiger charge is -2.11. The number of rotatable bonds is 5. The molecule has 0 spiro atoms. The fraction of sp³-hybridized carbons (Fsp3) is 0.467. The maximum Gasteiger partial charge on any atom is 0.0480 e. The zero-order valence-corrected chi connectivity index (χ0v) is 11.0. The second-order valence-electron chi connectivity index (χ2n) is 4.78. The first-order chi connectivity index (χ1) is 8.22. The molecule has 0 aliphatic heterocycles. The van der Waals surface area contributed by atoms with Crippen LogP contribution in [-0.2, 0) is 13.5 Å². The van der Waals surface area contributed by atoms with Crippen LogP contribution in [0.5, 0.6) is 0 Å². The minimum absolute atomic E-state index is 0.596. The molecule has 1 unspecified atom stereocenters. The van der Waals surface area contributed by atoms with E-state index in [0.29, 0.717) is 6.04 Å².